The van der Waals surface area contributed by atoms with E-state index in [1.807, 2.05) is 30.3 Å². The van der Waals surface area contributed by atoms with Crippen LogP contribution in [0.1, 0.15) is 5.69 Å². The van der Waals surface area contributed by atoms with Gasteiger partial charge in [-0.15, -0.1) is 0 Å². The lowest BCUT2D eigenvalue weighted by molar-refractivity contribution is 0.322. The van der Waals surface area contributed by atoms with Gasteiger partial charge in [0.2, 0.25) is 0 Å². The average Bonchev–Trinajstić information content (AvgIpc) is 3.01. The molecule has 0 saturated heterocycles. The van der Waals surface area contributed by atoms with Gasteiger partial charge in [0.25, 0.3) is 0 Å². The van der Waals surface area contributed by atoms with Crippen LogP contribution in [0.3, 0.4) is 0 Å². The normalized spacial score (nSPS) is 11.2. The van der Waals surface area contributed by atoms with Gasteiger partial charge in [0.05, 0.1) is 13.1 Å². The van der Waals surface area contributed by atoms with E-state index in [0.29, 0.717) is 25.7 Å². The predicted octanol–water partition coefficient (Wildman–Crippen LogP) is 1.42. The summed E-state index contributed by atoms with van der Waals surface area (Å²) in [5.41, 5.74) is 0.827. The minimum absolute atomic E-state index is 0.564. The van der Waals surface area contributed by atoms with Crippen LogP contribution in [-0.2, 0) is 6.54 Å². The molecule has 0 bridgehead atoms. The van der Waals surface area contributed by atoms with Gasteiger partial charge in [-0.1, -0.05) is 23.4 Å². The minimum Gasteiger partial charge on any atom is -0.492 e. The molecule has 106 valence electrons. The van der Waals surface area contributed by atoms with Gasteiger partial charge in [-0.25, -0.2) is 0 Å². The van der Waals surface area contributed by atoms with Gasteiger partial charge in [0, 0.05) is 13.1 Å². The number of hydrogen-bond donors (Lipinski definition) is 2. The van der Waals surface area contributed by atoms with E-state index in [-0.39, 0.29) is 0 Å². The van der Waals surface area contributed by atoms with Gasteiger partial charge in [0.1, 0.15) is 24.3 Å². The molecule has 6 nitrogen and oxygen atoms in total. The first kappa shape index (κ1) is 13.9. The third-order valence-electron chi connectivity index (χ3n) is 2.56. The van der Waals surface area contributed by atoms with Crippen LogP contribution < -0.4 is 15.4 Å². The van der Waals surface area contributed by atoms with Crippen molar-refractivity contribution in [1.82, 2.24) is 15.8 Å². The smallest absolute Gasteiger partial charge is 0.191 e. The Balaban J connectivity index is 1.64. The first-order valence-corrected chi connectivity index (χ1v) is 6.40. The highest BCUT2D eigenvalue weighted by Gasteiger charge is 2.00. The molecule has 2 aromatic rings. The lowest BCUT2D eigenvalue weighted by atomic mass is 10.3. The molecule has 1 heterocycles. The SMILES string of the molecule is CN=C(NCCOc1ccccc1)NCc1ccon1. The van der Waals surface area contributed by atoms with E-state index in [1.54, 1.807) is 19.4 Å². The van der Waals surface area contributed by atoms with Crippen molar-refractivity contribution >= 4 is 5.96 Å². The zero-order chi connectivity index (χ0) is 14.0. The summed E-state index contributed by atoms with van der Waals surface area (Å²) in [5, 5.41) is 10.1. The van der Waals surface area contributed by atoms with Gasteiger partial charge in [-0.05, 0) is 12.1 Å². The number of guanidine groups is 1. The summed E-state index contributed by atoms with van der Waals surface area (Å²) in [4.78, 5) is 4.11. The number of rotatable bonds is 6. The molecule has 0 amide bonds. The molecule has 6 heteroatoms. The number of aliphatic imine (C=N–C) groups is 1. The molecule has 0 atom stereocenters. The molecule has 2 rings (SSSR count). The monoisotopic (exact) mass is 274 g/mol. The Labute approximate surface area is 117 Å². The van der Waals surface area contributed by atoms with E-state index in [2.05, 4.69) is 20.8 Å². The number of nitrogens with one attached hydrogen (secondary N) is 2. The lowest BCUT2D eigenvalue weighted by Gasteiger charge is -2.11. The number of aromatic nitrogens is 1. The topological polar surface area (TPSA) is 71.7 Å². The van der Waals surface area contributed by atoms with Gasteiger partial charge >= 0.3 is 0 Å². The fourth-order valence-electron chi connectivity index (χ4n) is 1.58. The molecule has 0 unspecified atom stereocenters. The highest BCUT2D eigenvalue weighted by atomic mass is 16.5. The van der Waals surface area contributed by atoms with E-state index in [1.165, 1.54) is 0 Å². The fourth-order valence-corrected chi connectivity index (χ4v) is 1.58. The maximum absolute atomic E-state index is 5.58. The van der Waals surface area contributed by atoms with Gasteiger partial charge in [0.15, 0.2) is 5.96 Å². The fraction of sp³-hybridized carbons (Fsp3) is 0.286. The molecule has 0 aliphatic rings. The first-order valence-electron chi connectivity index (χ1n) is 6.40. The summed E-state index contributed by atoms with van der Waals surface area (Å²) in [6, 6.07) is 11.5. The third kappa shape index (κ3) is 4.64. The van der Waals surface area contributed by atoms with E-state index in [9.17, 15) is 0 Å². The summed E-state index contributed by atoms with van der Waals surface area (Å²) >= 11 is 0. The zero-order valence-electron chi connectivity index (χ0n) is 11.4. The van der Waals surface area contributed by atoms with Crippen molar-refractivity contribution in [2.45, 2.75) is 6.54 Å². The Bertz CT molecular complexity index is 511. The maximum atomic E-state index is 5.58. The Morgan fingerprint density at radius 1 is 1.25 bits per heavy atom. The lowest BCUT2D eigenvalue weighted by Crippen LogP contribution is -2.38. The highest BCUT2D eigenvalue weighted by molar-refractivity contribution is 5.79. The summed E-state index contributed by atoms with van der Waals surface area (Å²) in [6.07, 6.45) is 1.54. The largest absolute Gasteiger partial charge is 0.492 e. The summed E-state index contributed by atoms with van der Waals surface area (Å²) < 4.78 is 10.3. The number of hydrogen-bond acceptors (Lipinski definition) is 4. The van der Waals surface area contributed by atoms with Crippen LogP contribution >= 0.6 is 0 Å². The van der Waals surface area contributed by atoms with Crippen molar-refractivity contribution < 1.29 is 9.26 Å². The van der Waals surface area contributed by atoms with Gasteiger partial charge < -0.3 is 19.9 Å². The molecular formula is C14H18N4O2. The van der Waals surface area contributed by atoms with E-state index < -0.39 is 0 Å². The van der Waals surface area contributed by atoms with E-state index >= 15 is 0 Å². The van der Waals surface area contributed by atoms with Crippen LogP contribution in [0, 0.1) is 0 Å². The Morgan fingerprint density at radius 3 is 2.80 bits per heavy atom. The molecule has 0 radical (unpaired) electrons. The quantitative estimate of drug-likeness (QED) is 0.473. The van der Waals surface area contributed by atoms with Gasteiger partial charge in [-0.2, -0.15) is 0 Å². The van der Waals surface area contributed by atoms with E-state index in [4.69, 9.17) is 9.26 Å². The third-order valence-corrected chi connectivity index (χ3v) is 2.56. The molecule has 1 aromatic carbocycles. The number of nitrogens with zero attached hydrogens (tertiary/aromatic N) is 2. The van der Waals surface area contributed by atoms with Crippen molar-refractivity contribution in [3.63, 3.8) is 0 Å². The molecule has 0 spiro atoms. The minimum atomic E-state index is 0.564. The maximum Gasteiger partial charge on any atom is 0.191 e. The predicted molar refractivity (Wildman–Crippen MR) is 76.6 cm³/mol. The zero-order valence-corrected chi connectivity index (χ0v) is 11.4. The second-order valence-electron chi connectivity index (χ2n) is 4.00. The molecule has 0 aliphatic heterocycles. The van der Waals surface area contributed by atoms with Crippen molar-refractivity contribution in [1.29, 1.82) is 0 Å². The highest BCUT2D eigenvalue weighted by Crippen LogP contribution is 2.07. The standard InChI is InChI=1S/C14H18N4O2/c1-15-14(17-11-12-7-9-20-18-12)16-8-10-19-13-5-3-2-4-6-13/h2-7,9H,8,10-11H2,1H3,(H2,15,16,17). The average molecular weight is 274 g/mol. The Morgan fingerprint density at radius 2 is 2.10 bits per heavy atom. The molecule has 2 N–H and O–H groups in total. The van der Waals surface area contributed by atoms with E-state index in [0.717, 1.165) is 11.4 Å². The number of para-hydroxylation sites is 1. The van der Waals surface area contributed by atoms with Crippen molar-refractivity contribution in [3.8, 4) is 5.75 Å². The second kappa shape index (κ2) is 7.83. The second-order valence-corrected chi connectivity index (χ2v) is 4.00. The Hall–Kier alpha value is -2.50. The van der Waals surface area contributed by atoms with Crippen molar-refractivity contribution in [3.05, 3.63) is 48.4 Å². The molecule has 0 fully saturated rings. The van der Waals surface area contributed by atoms with Crippen LogP contribution in [0.25, 0.3) is 0 Å². The molecule has 0 aliphatic carbocycles. The van der Waals surface area contributed by atoms with Crippen LogP contribution in [0.15, 0.2) is 52.2 Å². The van der Waals surface area contributed by atoms with Crippen LogP contribution in [0.2, 0.25) is 0 Å². The van der Waals surface area contributed by atoms with Crippen LogP contribution in [0.5, 0.6) is 5.75 Å². The molecule has 20 heavy (non-hydrogen) atoms. The summed E-state index contributed by atoms with van der Waals surface area (Å²) in [5.74, 6) is 1.56. The Kier molecular flexibility index (Phi) is 5.45. The summed E-state index contributed by atoms with van der Waals surface area (Å²) in [6.45, 7) is 1.79. The number of ether oxygens (including phenoxy) is 1. The first-order chi connectivity index (χ1) is 9.88. The van der Waals surface area contributed by atoms with Gasteiger partial charge in [-0.3, -0.25) is 4.99 Å². The number of benzene rings is 1. The van der Waals surface area contributed by atoms with Crippen LogP contribution in [-0.4, -0.2) is 31.3 Å². The molecule has 1 aromatic heterocycles. The summed E-state index contributed by atoms with van der Waals surface area (Å²) in [7, 11) is 1.72. The van der Waals surface area contributed by atoms with Crippen molar-refractivity contribution in [2.24, 2.45) is 4.99 Å². The van der Waals surface area contributed by atoms with Crippen molar-refractivity contribution in [2.75, 3.05) is 20.2 Å². The molecule has 0 saturated carbocycles. The molecular weight excluding hydrogens is 256 g/mol. The van der Waals surface area contributed by atoms with Crippen LogP contribution in [0.4, 0.5) is 0 Å².